The number of hydrogen-bond acceptors (Lipinski definition) is 4. The Bertz CT molecular complexity index is 1170. The Morgan fingerprint density at radius 3 is 2.24 bits per heavy atom. The number of rotatable bonds is 10. The van der Waals surface area contributed by atoms with Crippen molar-refractivity contribution in [3.63, 3.8) is 0 Å². The molecule has 3 aromatic rings. The zero-order valence-electron chi connectivity index (χ0n) is 20.5. The van der Waals surface area contributed by atoms with E-state index in [1.54, 1.807) is 0 Å². The highest BCUT2D eigenvalue weighted by molar-refractivity contribution is 5.77. The van der Waals surface area contributed by atoms with E-state index in [0.717, 1.165) is 65.1 Å². The summed E-state index contributed by atoms with van der Waals surface area (Å²) < 4.78 is 5.69. The maximum atomic E-state index is 11.2. The Balaban J connectivity index is 1.47. The maximum absolute atomic E-state index is 11.2. The van der Waals surface area contributed by atoms with E-state index in [2.05, 4.69) is 85.9 Å². The number of aliphatic carboxylic acids is 1. The van der Waals surface area contributed by atoms with Gasteiger partial charge in [0.15, 0.2) is 5.76 Å². The molecule has 1 saturated carbocycles. The molecule has 2 N–H and O–H groups in total. The van der Waals surface area contributed by atoms with Gasteiger partial charge in [0.05, 0.1) is 6.42 Å². The van der Waals surface area contributed by atoms with Gasteiger partial charge < -0.3 is 14.9 Å². The van der Waals surface area contributed by atoms with Gasteiger partial charge in [-0.05, 0) is 70.1 Å². The fourth-order valence-electron chi connectivity index (χ4n) is 4.52. The summed E-state index contributed by atoms with van der Waals surface area (Å²) in [7, 11) is 0. The van der Waals surface area contributed by atoms with E-state index in [1.165, 1.54) is 5.57 Å². The third kappa shape index (κ3) is 5.41. The lowest BCUT2D eigenvalue weighted by atomic mass is 9.91. The maximum Gasteiger partial charge on any atom is 0.304 e. The van der Waals surface area contributed by atoms with Crippen LogP contribution in [-0.2, 0) is 10.2 Å². The largest absolute Gasteiger partial charge is 0.481 e. The van der Waals surface area contributed by atoms with Crippen molar-refractivity contribution >= 4 is 11.7 Å². The van der Waals surface area contributed by atoms with Crippen molar-refractivity contribution in [1.29, 1.82) is 0 Å². The SMILES string of the molecule is CC(C)=CCCC(C)Nc1c(C)noc1-c1ccc(-c2ccc(C3(CC(=O)O)CC3)cc2)cc1. The molecule has 1 aliphatic carbocycles. The van der Waals surface area contributed by atoms with Gasteiger partial charge in [-0.3, -0.25) is 4.79 Å². The number of carboxylic acids is 1. The summed E-state index contributed by atoms with van der Waals surface area (Å²) in [5.74, 6) is 0.0359. The monoisotopic (exact) mass is 458 g/mol. The lowest BCUT2D eigenvalue weighted by molar-refractivity contribution is -0.137. The second-order valence-electron chi connectivity index (χ2n) is 9.88. The first-order valence-electron chi connectivity index (χ1n) is 12.1. The number of carbonyl (C=O) groups is 1. The molecule has 34 heavy (non-hydrogen) atoms. The van der Waals surface area contributed by atoms with E-state index in [1.807, 2.05) is 6.92 Å². The highest BCUT2D eigenvalue weighted by Crippen LogP contribution is 2.51. The summed E-state index contributed by atoms with van der Waals surface area (Å²) in [6.07, 6.45) is 6.46. The fourth-order valence-corrected chi connectivity index (χ4v) is 4.52. The molecule has 0 amide bonds. The average Bonchev–Trinajstić information content (AvgIpc) is 3.49. The van der Waals surface area contributed by atoms with Crippen LogP contribution in [0.2, 0.25) is 0 Å². The first-order chi connectivity index (χ1) is 16.3. The summed E-state index contributed by atoms with van der Waals surface area (Å²) in [5.41, 5.74) is 7.33. The molecule has 0 saturated heterocycles. The smallest absolute Gasteiger partial charge is 0.304 e. The molecule has 1 aliphatic rings. The molecular weight excluding hydrogens is 424 g/mol. The summed E-state index contributed by atoms with van der Waals surface area (Å²) in [4.78, 5) is 11.2. The molecule has 0 bridgehead atoms. The van der Waals surface area contributed by atoms with Crippen molar-refractivity contribution < 1.29 is 14.4 Å². The van der Waals surface area contributed by atoms with Crippen molar-refractivity contribution in [2.45, 2.75) is 71.3 Å². The summed E-state index contributed by atoms with van der Waals surface area (Å²) in [6, 6.07) is 17.0. The Labute approximate surface area is 201 Å². The number of allylic oxidation sites excluding steroid dienone is 2. The van der Waals surface area contributed by atoms with Gasteiger partial charge in [-0.2, -0.15) is 0 Å². The molecule has 0 aliphatic heterocycles. The lowest BCUT2D eigenvalue weighted by Gasteiger charge is -2.15. The standard InChI is InChI=1S/C29H34N2O3/c1-19(2)6-5-7-20(3)30-27-21(4)31-34-28(27)24-10-8-22(9-11-24)23-12-14-25(15-13-23)29(16-17-29)18-26(32)33/h6,8-15,20,30H,5,7,16-18H2,1-4H3,(H,32,33). The molecular formula is C29H34N2O3. The summed E-state index contributed by atoms with van der Waals surface area (Å²) >= 11 is 0. The molecule has 5 heteroatoms. The normalized spacial score (nSPS) is 14.9. The Morgan fingerprint density at radius 2 is 1.68 bits per heavy atom. The molecule has 1 unspecified atom stereocenters. The number of nitrogens with zero attached hydrogens (tertiary/aromatic N) is 1. The number of carboxylic acid groups (broad SMARTS) is 1. The Hall–Kier alpha value is -3.34. The van der Waals surface area contributed by atoms with Gasteiger partial charge in [0.25, 0.3) is 0 Å². The van der Waals surface area contributed by atoms with Crippen LogP contribution in [-0.4, -0.2) is 22.3 Å². The number of hydrogen-bond donors (Lipinski definition) is 2. The van der Waals surface area contributed by atoms with E-state index in [9.17, 15) is 9.90 Å². The Kier molecular flexibility index (Phi) is 6.92. The van der Waals surface area contributed by atoms with Gasteiger partial charge in [0, 0.05) is 17.0 Å². The van der Waals surface area contributed by atoms with Gasteiger partial charge >= 0.3 is 5.97 Å². The van der Waals surface area contributed by atoms with Crippen LogP contribution >= 0.6 is 0 Å². The minimum Gasteiger partial charge on any atom is -0.481 e. The predicted molar refractivity (Wildman–Crippen MR) is 137 cm³/mol. The van der Waals surface area contributed by atoms with Crippen LogP contribution in [0.4, 0.5) is 5.69 Å². The molecule has 178 valence electrons. The first kappa shape index (κ1) is 23.8. The lowest BCUT2D eigenvalue weighted by Crippen LogP contribution is -2.15. The number of anilines is 1. The van der Waals surface area contributed by atoms with Crippen LogP contribution in [0.3, 0.4) is 0 Å². The molecule has 5 nitrogen and oxygen atoms in total. The van der Waals surface area contributed by atoms with Gasteiger partial charge in [0.1, 0.15) is 11.4 Å². The van der Waals surface area contributed by atoms with E-state index in [4.69, 9.17) is 4.52 Å². The van der Waals surface area contributed by atoms with Crippen molar-refractivity contribution in [1.82, 2.24) is 5.16 Å². The topological polar surface area (TPSA) is 75.4 Å². The highest BCUT2D eigenvalue weighted by atomic mass is 16.5. The zero-order chi connectivity index (χ0) is 24.3. The number of aryl methyl sites for hydroxylation is 1. The second kappa shape index (κ2) is 9.88. The molecule has 4 rings (SSSR count). The second-order valence-corrected chi connectivity index (χ2v) is 9.88. The van der Waals surface area contributed by atoms with Gasteiger partial charge in [-0.25, -0.2) is 0 Å². The molecule has 0 spiro atoms. The van der Waals surface area contributed by atoms with Crippen molar-refractivity contribution in [2.24, 2.45) is 0 Å². The van der Waals surface area contributed by atoms with E-state index >= 15 is 0 Å². The molecule has 0 radical (unpaired) electrons. The first-order valence-corrected chi connectivity index (χ1v) is 12.1. The van der Waals surface area contributed by atoms with Crippen LogP contribution in [0, 0.1) is 6.92 Å². The molecule has 1 heterocycles. The third-order valence-electron chi connectivity index (χ3n) is 6.73. The quantitative estimate of drug-likeness (QED) is 0.310. The van der Waals surface area contributed by atoms with Crippen LogP contribution in [0.5, 0.6) is 0 Å². The third-order valence-corrected chi connectivity index (χ3v) is 6.73. The highest BCUT2D eigenvalue weighted by Gasteiger charge is 2.45. The van der Waals surface area contributed by atoms with Crippen LogP contribution in [0.1, 0.15) is 64.1 Å². The van der Waals surface area contributed by atoms with Crippen molar-refractivity contribution in [3.05, 3.63) is 71.4 Å². The fraction of sp³-hybridized carbons (Fsp3) is 0.379. The zero-order valence-corrected chi connectivity index (χ0v) is 20.5. The van der Waals surface area contributed by atoms with E-state index in [-0.39, 0.29) is 11.8 Å². The van der Waals surface area contributed by atoms with E-state index < -0.39 is 5.97 Å². The van der Waals surface area contributed by atoms with Crippen LogP contribution in [0.25, 0.3) is 22.5 Å². The molecule has 1 atom stereocenters. The van der Waals surface area contributed by atoms with Crippen molar-refractivity contribution in [2.75, 3.05) is 5.32 Å². The predicted octanol–water partition coefficient (Wildman–Crippen LogP) is 7.37. The van der Waals surface area contributed by atoms with Crippen LogP contribution < -0.4 is 5.32 Å². The average molecular weight is 459 g/mol. The van der Waals surface area contributed by atoms with Crippen molar-refractivity contribution in [3.8, 4) is 22.5 Å². The molecule has 1 aromatic heterocycles. The number of aromatic nitrogens is 1. The Morgan fingerprint density at radius 1 is 1.09 bits per heavy atom. The van der Waals surface area contributed by atoms with Crippen LogP contribution in [0.15, 0.2) is 64.7 Å². The summed E-state index contributed by atoms with van der Waals surface area (Å²) in [5, 5.41) is 17.0. The van der Waals surface area contributed by atoms with Gasteiger partial charge in [-0.15, -0.1) is 0 Å². The van der Waals surface area contributed by atoms with Gasteiger partial charge in [-0.1, -0.05) is 65.3 Å². The minimum absolute atomic E-state index is 0.162. The molecule has 2 aromatic carbocycles. The molecule has 1 fully saturated rings. The summed E-state index contributed by atoms with van der Waals surface area (Å²) in [6.45, 7) is 8.40. The van der Waals surface area contributed by atoms with Gasteiger partial charge in [0.2, 0.25) is 0 Å². The minimum atomic E-state index is -0.726. The number of benzene rings is 2. The number of nitrogens with one attached hydrogen (secondary N) is 1. The van der Waals surface area contributed by atoms with E-state index in [0.29, 0.717) is 6.04 Å².